The van der Waals surface area contributed by atoms with Gasteiger partial charge in [-0.05, 0) is 43.9 Å². The number of halogens is 1. The number of anilines is 1. The molecule has 0 aliphatic carbocycles. The van der Waals surface area contributed by atoms with Gasteiger partial charge in [-0.15, -0.1) is 0 Å². The Morgan fingerprint density at radius 2 is 1.95 bits per heavy atom. The van der Waals surface area contributed by atoms with E-state index in [1.807, 2.05) is 6.92 Å². The fourth-order valence-corrected chi connectivity index (χ4v) is 1.92. The summed E-state index contributed by atoms with van der Waals surface area (Å²) in [6, 6.07) is 3.97. The van der Waals surface area contributed by atoms with Gasteiger partial charge in [-0.3, -0.25) is 9.59 Å². The minimum Gasteiger partial charge on any atom is -0.393 e. The van der Waals surface area contributed by atoms with Gasteiger partial charge in [0.15, 0.2) is 0 Å². The first-order valence-electron chi connectivity index (χ1n) is 6.83. The second kappa shape index (κ2) is 7.73. The van der Waals surface area contributed by atoms with E-state index < -0.39 is 23.7 Å². The number of rotatable bonds is 5. The van der Waals surface area contributed by atoms with Crippen molar-refractivity contribution in [3.8, 4) is 0 Å². The molecule has 5 nitrogen and oxygen atoms in total. The van der Waals surface area contributed by atoms with Gasteiger partial charge in [0.2, 0.25) is 0 Å². The maximum atomic E-state index is 13.1. The molecule has 1 aromatic carbocycles. The molecule has 0 radical (unpaired) electrons. The molecule has 0 aliphatic heterocycles. The normalized spacial score (nSPS) is 13.4. The molecule has 1 rings (SSSR count). The second-order valence-electron chi connectivity index (χ2n) is 5.31. The lowest BCUT2D eigenvalue weighted by molar-refractivity contribution is -0.136. The average Bonchev–Trinajstić information content (AvgIpc) is 2.39. The number of amides is 2. The SMILES string of the molecule is Cc1ccc(F)cc1NC(=O)C(=O)NCC(C)CC(C)O. The third-order valence-electron chi connectivity index (χ3n) is 3.01. The van der Waals surface area contributed by atoms with Crippen LogP contribution in [-0.4, -0.2) is 29.6 Å². The van der Waals surface area contributed by atoms with E-state index >= 15 is 0 Å². The van der Waals surface area contributed by atoms with Crippen LogP contribution in [0.5, 0.6) is 0 Å². The van der Waals surface area contributed by atoms with Crippen LogP contribution in [0.15, 0.2) is 18.2 Å². The van der Waals surface area contributed by atoms with Crippen molar-refractivity contribution >= 4 is 17.5 Å². The molecule has 2 atom stereocenters. The van der Waals surface area contributed by atoms with Gasteiger partial charge in [0.25, 0.3) is 0 Å². The summed E-state index contributed by atoms with van der Waals surface area (Å²) in [5.41, 5.74) is 0.937. The largest absolute Gasteiger partial charge is 0.393 e. The molecule has 0 spiro atoms. The van der Waals surface area contributed by atoms with Gasteiger partial charge < -0.3 is 15.7 Å². The highest BCUT2D eigenvalue weighted by molar-refractivity contribution is 6.39. The maximum Gasteiger partial charge on any atom is 0.313 e. The molecule has 0 fully saturated rings. The van der Waals surface area contributed by atoms with Crippen molar-refractivity contribution in [1.82, 2.24) is 5.32 Å². The number of nitrogens with one attached hydrogen (secondary N) is 2. The second-order valence-corrected chi connectivity index (χ2v) is 5.31. The zero-order chi connectivity index (χ0) is 16.0. The molecule has 2 unspecified atom stereocenters. The molecule has 0 bridgehead atoms. The molecule has 2 amide bonds. The predicted octanol–water partition coefficient (Wildman–Crippen LogP) is 1.60. The monoisotopic (exact) mass is 296 g/mol. The topological polar surface area (TPSA) is 78.4 Å². The standard InChI is InChI=1S/C15H21FN2O3/c1-9(6-11(3)19)8-17-14(20)15(21)18-13-7-12(16)5-4-10(13)2/h4-5,7,9,11,19H,6,8H2,1-3H3,(H,17,20)(H,18,21). The van der Waals surface area contributed by atoms with Crippen molar-refractivity contribution in [1.29, 1.82) is 0 Å². The molecule has 0 saturated heterocycles. The van der Waals surface area contributed by atoms with E-state index in [-0.39, 0.29) is 11.6 Å². The van der Waals surface area contributed by atoms with Gasteiger partial charge >= 0.3 is 11.8 Å². The van der Waals surface area contributed by atoms with Crippen molar-refractivity contribution < 1.29 is 19.1 Å². The summed E-state index contributed by atoms with van der Waals surface area (Å²) in [6.45, 7) is 5.52. The third-order valence-corrected chi connectivity index (χ3v) is 3.01. The van der Waals surface area contributed by atoms with Gasteiger partial charge in [0, 0.05) is 12.2 Å². The van der Waals surface area contributed by atoms with Gasteiger partial charge in [0.05, 0.1) is 6.10 Å². The fraction of sp³-hybridized carbons (Fsp3) is 0.467. The zero-order valence-electron chi connectivity index (χ0n) is 12.4. The molecule has 0 aromatic heterocycles. The Bertz CT molecular complexity index is 518. The number of aliphatic hydroxyl groups excluding tert-OH is 1. The van der Waals surface area contributed by atoms with Gasteiger partial charge in [-0.1, -0.05) is 13.0 Å². The Morgan fingerprint density at radius 1 is 1.29 bits per heavy atom. The van der Waals surface area contributed by atoms with Crippen LogP contribution in [0.2, 0.25) is 0 Å². The molecule has 0 saturated carbocycles. The molecular formula is C15H21FN2O3. The van der Waals surface area contributed by atoms with Crippen LogP contribution in [-0.2, 0) is 9.59 Å². The fourth-order valence-electron chi connectivity index (χ4n) is 1.92. The Morgan fingerprint density at radius 3 is 2.57 bits per heavy atom. The van der Waals surface area contributed by atoms with Gasteiger partial charge in [-0.2, -0.15) is 0 Å². The lowest BCUT2D eigenvalue weighted by atomic mass is 10.0. The number of hydrogen-bond donors (Lipinski definition) is 3. The zero-order valence-corrected chi connectivity index (χ0v) is 12.4. The minimum absolute atomic E-state index is 0.0534. The maximum absolute atomic E-state index is 13.1. The molecule has 21 heavy (non-hydrogen) atoms. The van der Waals surface area contributed by atoms with Gasteiger partial charge in [0.1, 0.15) is 5.82 Å². The highest BCUT2D eigenvalue weighted by Gasteiger charge is 2.16. The summed E-state index contributed by atoms with van der Waals surface area (Å²) in [7, 11) is 0. The molecular weight excluding hydrogens is 275 g/mol. The first-order chi connectivity index (χ1) is 9.79. The number of aliphatic hydroxyl groups is 1. The number of carbonyl (C=O) groups is 2. The Balaban J connectivity index is 2.51. The summed E-state index contributed by atoms with van der Waals surface area (Å²) in [5.74, 6) is -2.05. The van der Waals surface area contributed by atoms with Crippen LogP contribution in [0.4, 0.5) is 10.1 Å². The smallest absolute Gasteiger partial charge is 0.313 e. The van der Waals surface area contributed by atoms with E-state index in [1.165, 1.54) is 12.1 Å². The molecule has 116 valence electrons. The first kappa shape index (κ1) is 17.1. The summed E-state index contributed by atoms with van der Waals surface area (Å²) < 4.78 is 13.1. The Hall–Kier alpha value is -1.95. The average molecular weight is 296 g/mol. The Labute approximate surface area is 123 Å². The van der Waals surface area contributed by atoms with E-state index in [1.54, 1.807) is 13.8 Å². The highest BCUT2D eigenvalue weighted by Crippen LogP contribution is 2.15. The van der Waals surface area contributed by atoms with Crippen LogP contribution in [0, 0.1) is 18.7 Å². The van der Waals surface area contributed by atoms with Crippen LogP contribution in [0.3, 0.4) is 0 Å². The van der Waals surface area contributed by atoms with Crippen molar-refractivity contribution in [2.45, 2.75) is 33.3 Å². The van der Waals surface area contributed by atoms with E-state index in [0.29, 0.717) is 18.5 Å². The first-order valence-corrected chi connectivity index (χ1v) is 6.83. The third kappa shape index (κ3) is 5.91. The highest BCUT2D eigenvalue weighted by atomic mass is 19.1. The Kier molecular flexibility index (Phi) is 6.30. The van der Waals surface area contributed by atoms with E-state index in [9.17, 15) is 19.1 Å². The van der Waals surface area contributed by atoms with Crippen molar-refractivity contribution in [3.05, 3.63) is 29.6 Å². The summed E-state index contributed by atoms with van der Waals surface area (Å²) in [6.07, 6.45) is 0.0749. The summed E-state index contributed by atoms with van der Waals surface area (Å²) >= 11 is 0. The molecule has 0 heterocycles. The number of aryl methyl sites for hydroxylation is 1. The lowest BCUT2D eigenvalue weighted by Crippen LogP contribution is -2.38. The summed E-state index contributed by atoms with van der Waals surface area (Å²) in [4.78, 5) is 23.4. The number of benzene rings is 1. The summed E-state index contributed by atoms with van der Waals surface area (Å²) in [5, 5.41) is 14.1. The van der Waals surface area contributed by atoms with Crippen LogP contribution in [0.25, 0.3) is 0 Å². The quantitative estimate of drug-likeness (QED) is 0.722. The van der Waals surface area contributed by atoms with Crippen molar-refractivity contribution in [2.75, 3.05) is 11.9 Å². The lowest BCUT2D eigenvalue weighted by Gasteiger charge is -2.14. The van der Waals surface area contributed by atoms with Crippen LogP contribution < -0.4 is 10.6 Å². The van der Waals surface area contributed by atoms with Crippen LogP contribution >= 0.6 is 0 Å². The van der Waals surface area contributed by atoms with Crippen LogP contribution in [0.1, 0.15) is 25.8 Å². The van der Waals surface area contributed by atoms with Gasteiger partial charge in [-0.25, -0.2) is 4.39 Å². The van der Waals surface area contributed by atoms with E-state index in [0.717, 1.165) is 6.07 Å². The number of carbonyl (C=O) groups excluding carboxylic acids is 2. The van der Waals surface area contributed by atoms with E-state index in [2.05, 4.69) is 10.6 Å². The number of hydrogen-bond acceptors (Lipinski definition) is 3. The van der Waals surface area contributed by atoms with Crippen molar-refractivity contribution in [2.24, 2.45) is 5.92 Å². The predicted molar refractivity (Wildman–Crippen MR) is 78.2 cm³/mol. The molecule has 6 heteroatoms. The van der Waals surface area contributed by atoms with E-state index in [4.69, 9.17) is 0 Å². The molecule has 0 aliphatic rings. The minimum atomic E-state index is -0.840. The molecule has 3 N–H and O–H groups in total. The molecule has 1 aromatic rings. The van der Waals surface area contributed by atoms with Crippen molar-refractivity contribution in [3.63, 3.8) is 0 Å².